The molecule has 0 aromatic heterocycles. The summed E-state index contributed by atoms with van der Waals surface area (Å²) in [5, 5.41) is 43.8. The fourth-order valence-electron chi connectivity index (χ4n) is 9.76. The summed E-state index contributed by atoms with van der Waals surface area (Å²) in [7, 11) is 0. The molecule has 1 amide bonds. The highest BCUT2D eigenvalue weighted by Gasteiger charge is 2.28. The van der Waals surface area contributed by atoms with E-state index in [-0.39, 0.29) is 0 Å². The van der Waals surface area contributed by atoms with E-state index in [4.69, 9.17) is 0 Å². The monoisotopic (exact) mass is 934 g/mol. The minimum atomic E-state index is -1.25. The lowest BCUT2D eigenvalue weighted by atomic mass is 9.99. The first-order valence-corrected chi connectivity index (χ1v) is 30.1. The summed E-state index contributed by atoms with van der Waals surface area (Å²) in [6, 6.07) is -0.981. The van der Waals surface area contributed by atoms with Crippen molar-refractivity contribution in [2.24, 2.45) is 0 Å². The third-order valence-electron chi connectivity index (χ3n) is 14.5. The van der Waals surface area contributed by atoms with E-state index in [9.17, 15) is 25.2 Å². The number of nitrogens with one attached hydrogen (secondary N) is 1. The zero-order chi connectivity index (χ0) is 48.1. The Hall–Kier alpha value is -0.950. The van der Waals surface area contributed by atoms with E-state index in [1.54, 1.807) is 0 Å². The molecule has 0 heterocycles. The Morgan fingerprint density at radius 2 is 0.606 bits per heavy atom. The first-order chi connectivity index (χ1) is 32.5. The minimum Gasteiger partial charge on any atom is -0.394 e. The molecule has 0 rings (SSSR count). The summed E-state index contributed by atoms with van der Waals surface area (Å²) >= 11 is 0. The van der Waals surface area contributed by atoms with Gasteiger partial charge >= 0.3 is 0 Å². The molecule has 0 saturated carbocycles. The summed E-state index contributed by atoms with van der Waals surface area (Å²) in [6.45, 7) is 4.07. The predicted octanol–water partition coefficient (Wildman–Crippen LogP) is 17.6. The van der Waals surface area contributed by atoms with Crippen molar-refractivity contribution in [2.45, 2.75) is 359 Å². The van der Waals surface area contributed by atoms with Crippen LogP contribution in [0, 0.1) is 0 Å². The Kier molecular flexibility index (Phi) is 54.2. The Morgan fingerprint density at radius 3 is 0.879 bits per heavy atom. The number of hydrogen-bond donors (Lipinski definition) is 5. The molecule has 6 nitrogen and oxygen atoms in total. The number of rotatable bonds is 56. The van der Waals surface area contributed by atoms with Crippen LogP contribution in [-0.4, -0.2) is 57.3 Å². The highest BCUT2D eigenvalue weighted by Crippen LogP contribution is 2.19. The molecule has 0 aliphatic carbocycles. The largest absolute Gasteiger partial charge is 0.394 e. The lowest BCUT2D eigenvalue weighted by Crippen LogP contribution is -2.53. The number of allylic oxidation sites excluding steroid dienone is 2. The number of aliphatic hydroxyl groups excluding tert-OH is 4. The second-order valence-electron chi connectivity index (χ2n) is 21.1. The molecule has 5 N–H and O–H groups in total. The van der Waals surface area contributed by atoms with Crippen LogP contribution < -0.4 is 5.32 Å². The molecule has 6 heteroatoms. The van der Waals surface area contributed by atoms with Gasteiger partial charge in [-0.1, -0.05) is 309 Å². The van der Waals surface area contributed by atoms with Crippen LogP contribution in [0.5, 0.6) is 0 Å². The fourth-order valence-corrected chi connectivity index (χ4v) is 9.76. The van der Waals surface area contributed by atoms with E-state index in [0.29, 0.717) is 12.8 Å². The van der Waals surface area contributed by atoms with Crippen molar-refractivity contribution in [3.8, 4) is 0 Å². The molecule has 0 aliphatic rings. The van der Waals surface area contributed by atoms with Gasteiger partial charge in [0.2, 0.25) is 5.91 Å². The average molecular weight is 935 g/mol. The molecule has 0 bridgehead atoms. The van der Waals surface area contributed by atoms with Crippen molar-refractivity contribution in [3.05, 3.63) is 12.2 Å². The van der Waals surface area contributed by atoms with Crippen LogP contribution in [0.2, 0.25) is 0 Å². The van der Waals surface area contributed by atoms with Gasteiger partial charge in [0.15, 0.2) is 0 Å². The highest BCUT2D eigenvalue weighted by atomic mass is 16.3. The first-order valence-electron chi connectivity index (χ1n) is 30.1. The molecule has 394 valence electrons. The van der Waals surface area contributed by atoms with Gasteiger partial charge in [-0.2, -0.15) is 0 Å². The molecule has 4 atom stereocenters. The number of carbonyl (C=O) groups excluding carboxylic acids is 1. The SMILES string of the molecule is CCCCCCCCCCCCCCCCCCCC/C=C\CCCCCCCCCCCCCCCCCCC(O)C(=O)NC(CO)C(O)C(O)CCCCCCCCCCCCCC. The van der Waals surface area contributed by atoms with E-state index < -0.39 is 36.9 Å². The summed E-state index contributed by atoms with van der Waals surface area (Å²) in [5.41, 5.74) is 0. The van der Waals surface area contributed by atoms with Gasteiger partial charge in [0.1, 0.15) is 12.2 Å². The highest BCUT2D eigenvalue weighted by molar-refractivity contribution is 5.80. The van der Waals surface area contributed by atoms with Crippen LogP contribution in [0.15, 0.2) is 12.2 Å². The number of hydrogen-bond acceptors (Lipinski definition) is 5. The van der Waals surface area contributed by atoms with Gasteiger partial charge in [0.25, 0.3) is 0 Å². The standard InChI is InChI=1S/C60H119NO5/c1-3-5-7-9-11-13-15-17-18-19-20-21-22-23-24-25-26-27-28-29-30-31-32-33-34-35-36-37-38-39-40-41-42-44-46-48-50-52-54-58(64)60(66)61-56(55-62)59(65)57(63)53-51-49-47-45-43-16-14-12-10-8-6-4-2/h29-30,56-59,62-65H,3-28,31-55H2,1-2H3,(H,61,66)/b30-29-. The van der Waals surface area contributed by atoms with Crippen molar-refractivity contribution in [2.75, 3.05) is 6.61 Å². The van der Waals surface area contributed by atoms with Gasteiger partial charge in [0, 0.05) is 0 Å². The molecule has 0 saturated heterocycles. The summed E-state index contributed by atoms with van der Waals surface area (Å²) in [5.74, 6) is -0.579. The lowest BCUT2D eigenvalue weighted by Gasteiger charge is -2.27. The third-order valence-corrected chi connectivity index (χ3v) is 14.5. The van der Waals surface area contributed by atoms with Gasteiger partial charge in [-0.05, 0) is 38.5 Å². The molecular formula is C60H119NO5. The molecule has 0 radical (unpaired) electrons. The lowest BCUT2D eigenvalue weighted by molar-refractivity contribution is -0.132. The zero-order valence-electron chi connectivity index (χ0n) is 44.7. The Labute approximate surface area is 412 Å². The number of amides is 1. The minimum absolute atomic E-state index is 0.374. The maximum absolute atomic E-state index is 12.6. The van der Waals surface area contributed by atoms with Crippen LogP contribution in [-0.2, 0) is 4.79 Å². The Balaban J connectivity index is 3.47. The van der Waals surface area contributed by atoms with Crippen LogP contribution in [0.1, 0.15) is 335 Å². The van der Waals surface area contributed by atoms with Crippen LogP contribution >= 0.6 is 0 Å². The van der Waals surface area contributed by atoms with Crippen molar-refractivity contribution in [1.82, 2.24) is 5.32 Å². The predicted molar refractivity (Wildman–Crippen MR) is 288 cm³/mol. The van der Waals surface area contributed by atoms with E-state index in [2.05, 4.69) is 31.3 Å². The van der Waals surface area contributed by atoms with Crippen molar-refractivity contribution in [3.63, 3.8) is 0 Å². The summed E-state index contributed by atoms with van der Waals surface area (Å²) in [6.07, 6.45) is 66.1. The molecule has 0 aromatic carbocycles. The van der Waals surface area contributed by atoms with Crippen molar-refractivity contribution in [1.29, 1.82) is 0 Å². The number of carbonyl (C=O) groups is 1. The quantitative estimate of drug-likeness (QED) is 0.0308. The van der Waals surface area contributed by atoms with Gasteiger partial charge in [0.05, 0.1) is 18.8 Å². The third kappa shape index (κ3) is 48.1. The molecular weight excluding hydrogens is 815 g/mol. The van der Waals surface area contributed by atoms with E-state index in [0.717, 1.165) is 38.5 Å². The van der Waals surface area contributed by atoms with Crippen molar-refractivity contribution < 1.29 is 25.2 Å². The molecule has 0 aliphatic heterocycles. The van der Waals surface area contributed by atoms with Gasteiger partial charge in [-0.25, -0.2) is 0 Å². The smallest absolute Gasteiger partial charge is 0.249 e. The average Bonchev–Trinajstić information content (AvgIpc) is 3.32. The number of unbranched alkanes of at least 4 members (excludes halogenated alkanes) is 45. The maximum Gasteiger partial charge on any atom is 0.249 e. The first kappa shape index (κ1) is 65.0. The molecule has 4 unspecified atom stereocenters. The molecule has 0 spiro atoms. The zero-order valence-corrected chi connectivity index (χ0v) is 44.7. The van der Waals surface area contributed by atoms with E-state index >= 15 is 0 Å². The van der Waals surface area contributed by atoms with Gasteiger partial charge < -0.3 is 25.7 Å². The van der Waals surface area contributed by atoms with Crippen LogP contribution in [0.25, 0.3) is 0 Å². The van der Waals surface area contributed by atoms with Crippen LogP contribution in [0.3, 0.4) is 0 Å². The maximum atomic E-state index is 12.6. The topological polar surface area (TPSA) is 110 Å². The number of aliphatic hydroxyl groups is 4. The fraction of sp³-hybridized carbons (Fsp3) is 0.950. The van der Waals surface area contributed by atoms with Gasteiger partial charge in [-0.3, -0.25) is 4.79 Å². The molecule has 0 fully saturated rings. The van der Waals surface area contributed by atoms with Crippen LogP contribution in [0.4, 0.5) is 0 Å². The second-order valence-corrected chi connectivity index (χ2v) is 21.1. The second kappa shape index (κ2) is 55.0. The van der Waals surface area contributed by atoms with E-state index in [1.165, 1.54) is 270 Å². The summed E-state index contributed by atoms with van der Waals surface area (Å²) < 4.78 is 0. The normalized spacial score (nSPS) is 13.7. The Morgan fingerprint density at radius 1 is 0.364 bits per heavy atom. The Bertz CT molecular complexity index is 959. The molecule has 66 heavy (non-hydrogen) atoms. The van der Waals surface area contributed by atoms with E-state index in [1.807, 2.05) is 0 Å². The molecule has 0 aromatic rings. The van der Waals surface area contributed by atoms with Crippen molar-refractivity contribution >= 4 is 5.91 Å². The summed E-state index contributed by atoms with van der Waals surface area (Å²) in [4.78, 5) is 12.6. The van der Waals surface area contributed by atoms with Gasteiger partial charge in [-0.15, -0.1) is 0 Å².